The maximum absolute atomic E-state index is 12.3. The Morgan fingerprint density at radius 3 is 2.89 bits per heavy atom. The highest BCUT2D eigenvalue weighted by Crippen LogP contribution is 2.36. The van der Waals surface area contributed by atoms with Crippen LogP contribution in [0.2, 0.25) is 5.02 Å². The van der Waals surface area contributed by atoms with Gasteiger partial charge < -0.3 is 0 Å². The lowest BCUT2D eigenvalue weighted by atomic mass is 10.3. The first-order valence-electron chi connectivity index (χ1n) is 6.03. The van der Waals surface area contributed by atoms with E-state index in [4.69, 9.17) is 11.6 Å². The van der Waals surface area contributed by atoms with Crippen molar-refractivity contribution in [2.45, 2.75) is 41.7 Å². The molecule has 1 aliphatic carbocycles. The Labute approximate surface area is 135 Å². The third kappa shape index (κ3) is 3.89. The van der Waals surface area contributed by atoms with Crippen molar-refractivity contribution >= 4 is 60.7 Å². The second-order valence-electron chi connectivity index (χ2n) is 4.34. The maximum Gasteiger partial charge on any atom is 0.250 e. The first-order valence-corrected chi connectivity index (χ1v) is 10.5. The molecule has 2 atom stereocenters. The Morgan fingerprint density at radius 1 is 1.58 bits per heavy atom. The third-order valence-electron chi connectivity index (χ3n) is 3.03. The van der Waals surface area contributed by atoms with E-state index in [1.165, 1.54) is 6.07 Å². The van der Waals surface area contributed by atoms with Gasteiger partial charge in [-0.2, -0.15) is 11.8 Å². The molecule has 0 aliphatic heterocycles. The average Bonchev–Trinajstić information content (AvgIpc) is 2.88. The van der Waals surface area contributed by atoms with Crippen molar-refractivity contribution in [1.29, 1.82) is 0 Å². The highest BCUT2D eigenvalue weighted by Gasteiger charge is 2.32. The van der Waals surface area contributed by atoms with E-state index in [2.05, 4.69) is 27.6 Å². The summed E-state index contributed by atoms with van der Waals surface area (Å²) >= 11 is 12.1. The van der Waals surface area contributed by atoms with Crippen LogP contribution in [0.5, 0.6) is 0 Å². The van der Waals surface area contributed by atoms with Crippen LogP contribution in [-0.4, -0.2) is 25.5 Å². The summed E-state index contributed by atoms with van der Waals surface area (Å²) < 4.78 is 28.4. The molecule has 3 nitrogen and oxygen atoms in total. The quantitative estimate of drug-likeness (QED) is 0.803. The number of hydrogen-bond acceptors (Lipinski definition) is 4. The Balaban J connectivity index is 2.13. The van der Waals surface area contributed by atoms with E-state index in [-0.39, 0.29) is 10.3 Å². The molecule has 108 valence electrons. The molecule has 0 bridgehead atoms. The fourth-order valence-corrected chi connectivity index (χ4v) is 7.20. The van der Waals surface area contributed by atoms with Crippen LogP contribution < -0.4 is 4.72 Å². The number of hydrogen-bond donors (Lipinski definition) is 1. The smallest absolute Gasteiger partial charge is 0.206 e. The second kappa shape index (κ2) is 6.66. The molecule has 1 N–H and O–H groups in total. The van der Waals surface area contributed by atoms with Crippen molar-refractivity contribution in [3.8, 4) is 0 Å². The number of halogens is 2. The Morgan fingerprint density at radius 2 is 2.32 bits per heavy atom. The van der Waals surface area contributed by atoms with Gasteiger partial charge in [-0.15, -0.1) is 11.3 Å². The van der Waals surface area contributed by atoms with Crippen LogP contribution in [0, 0.1) is 0 Å². The summed E-state index contributed by atoms with van der Waals surface area (Å²) in [5.41, 5.74) is 0. The predicted molar refractivity (Wildman–Crippen MR) is 86.9 cm³/mol. The molecule has 1 heterocycles. The normalized spacial score (nSPS) is 23.9. The van der Waals surface area contributed by atoms with E-state index in [1.54, 1.807) is 0 Å². The summed E-state index contributed by atoms with van der Waals surface area (Å²) in [5.74, 6) is 1.01. The fraction of sp³-hybridized carbons (Fsp3) is 0.636. The van der Waals surface area contributed by atoms with Gasteiger partial charge in [0.05, 0.1) is 8.81 Å². The summed E-state index contributed by atoms with van der Waals surface area (Å²) in [4.78, 5) is 0. The number of rotatable bonds is 5. The minimum Gasteiger partial charge on any atom is -0.206 e. The van der Waals surface area contributed by atoms with Crippen LogP contribution in [0.3, 0.4) is 0 Å². The lowest BCUT2D eigenvalue weighted by molar-refractivity contribution is 0.557. The topological polar surface area (TPSA) is 46.2 Å². The van der Waals surface area contributed by atoms with Crippen molar-refractivity contribution < 1.29 is 8.42 Å². The molecule has 0 saturated heterocycles. The van der Waals surface area contributed by atoms with Crippen LogP contribution in [0.15, 0.2) is 14.1 Å². The minimum atomic E-state index is -3.46. The van der Waals surface area contributed by atoms with E-state index in [0.29, 0.717) is 14.1 Å². The van der Waals surface area contributed by atoms with Gasteiger partial charge in [-0.1, -0.05) is 24.9 Å². The molecule has 0 aromatic carbocycles. The molecule has 1 aliphatic rings. The van der Waals surface area contributed by atoms with Crippen LogP contribution in [0.25, 0.3) is 0 Å². The first-order chi connectivity index (χ1) is 8.94. The molecule has 1 aromatic heterocycles. The van der Waals surface area contributed by atoms with E-state index >= 15 is 0 Å². The predicted octanol–water partition coefficient (Wildman–Crippen LogP) is 4.12. The lowest BCUT2D eigenvalue weighted by Crippen LogP contribution is -2.38. The third-order valence-corrected chi connectivity index (χ3v) is 8.79. The largest absolute Gasteiger partial charge is 0.250 e. The summed E-state index contributed by atoms with van der Waals surface area (Å²) in [5, 5.41) is 0.829. The lowest BCUT2D eigenvalue weighted by Gasteiger charge is -2.19. The van der Waals surface area contributed by atoms with Crippen molar-refractivity contribution in [2.24, 2.45) is 0 Å². The van der Waals surface area contributed by atoms with E-state index in [0.717, 1.165) is 36.4 Å². The zero-order chi connectivity index (χ0) is 14.0. The van der Waals surface area contributed by atoms with Crippen molar-refractivity contribution in [3.63, 3.8) is 0 Å². The molecule has 0 radical (unpaired) electrons. The van der Waals surface area contributed by atoms with Crippen molar-refractivity contribution in [3.05, 3.63) is 14.9 Å². The molecule has 1 aromatic rings. The summed E-state index contributed by atoms with van der Waals surface area (Å²) in [6.45, 7) is 2.10. The van der Waals surface area contributed by atoms with Gasteiger partial charge in [0, 0.05) is 11.3 Å². The minimum absolute atomic E-state index is 0.0367. The zero-order valence-corrected chi connectivity index (χ0v) is 15.1. The van der Waals surface area contributed by atoms with Crippen LogP contribution in [-0.2, 0) is 10.0 Å². The van der Waals surface area contributed by atoms with Gasteiger partial charge in [0.1, 0.15) is 4.21 Å². The standard InChI is InChI=1S/C11H15BrClNO2S3/c1-2-17-9-5-3-4-8(9)14-19(15,16)10-6-7(13)11(12)18-10/h6,8-9,14H,2-5H2,1H3. The van der Waals surface area contributed by atoms with E-state index in [1.807, 2.05) is 11.8 Å². The van der Waals surface area contributed by atoms with Crippen LogP contribution in [0.4, 0.5) is 0 Å². The monoisotopic (exact) mass is 403 g/mol. The Kier molecular flexibility index (Phi) is 5.65. The molecule has 0 amide bonds. The second-order valence-corrected chi connectivity index (χ2v) is 10.6. The van der Waals surface area contributed by atoms with Crippen molar-refractivity contribution in [2.75, 3.05) is 5.75 Å². The van der Waals surface area contributed by atoms with E-state index < -0.39 is 10.0 Å². The van der Waals surface area contributed by atoms with Gasteiger partial charge in [-0.05, 0) is 40.6 Å². The SMILES string of the molecule is CCSC1CCCC1NS(=O)(=O)c1cc(Cl)c(Br)s1. The van der Waals surface area contributed by atoms with E-state index in [9.17, 15) is 8.42 Å². The molecule has 19 heavy (non-hydrogen) atoms. The van der Waals surface area contributed by atoms with Gasteiger partial charge >= 0.3 is 0 Å². The molecule has 0 spiro atoms. The van der Waals surface area contributed by atoms with Gasteiger partial charge in [0.2, 0.25) is 10.0 Å². The van der Waals surface area contributed by atoms with Gasteiger partial charge in [0.25, 0.3) is 0 Å². The van der Waals surface area contributed by atoms with Gasteiger partial charge in [-0.3, -0.25) is 0 Å². The van der Waals surface area contributed by atoms with Gasteiger partial charge in [0.15, 0.2) is 0 Å². The molecule has 2 rings (SSSR count). The summed E-state index contributed by atoms with van der Waals surface area (Å²) in [6, 6.07) is 1.53. The zero-order valence-electron chi connectivity index (χ0n) is 10.4. The Bertz CT molecular complexity index is 527. The van der Waals surface area contributed by atoms with Crippen molar-refractivity contribution in [1.82, 2.24) is 4.72 Å². The molecule has 2 unspecified atom stereocenters. The van der Waals surface area contributed by atoms with Crippen LogP contribution >= 0.6 is 50.6 Å². The maximum atomic E-state index is 12.3. The average molecular weight is 405 g/mol. The van der Waals surface area contributed by atoms with Crippen LogP contribution in [0.1, 0.15) is 26.2 Å². The summed E-state index contributed by atoms with van der Waals surface area (Å²) in [7, 11) is -3.46. The highest BCUT2D eigenvalue weighted by atomic mass is 79.9. The number of nitrogens with one attached hydrogen (secondary N) is 1. The Hall–Kier alpha value is 0.730. The summed E-state index contributed by atoms with van der Waals surface area (Å²) in [6.07, 6.45) is 3.08. The number of thioether (sulfide) groups is 1. The number of thiophene rings is 1. The molecular weight excluding hydrogens is 390 g/mol. The molecule has 1 fully saturated rings. The number of sulfonamides is 1. The molecular formula is C11H15BrClNO2S3. The first kappa shape index (κ1) is 16.1. The van der Waals surface area contributed by atoms with Gasteiger partial charge in [-0.25, -0.2) is 13.1 Å². The highest BCUT2D eigenvalue weighted by molar-refractivity contribution is 9.11. The molecule has 8 heteroatoms. The molecule has 1 saturated carbocycles. The fourth-order valence-electron chi connectivity index (χ4n) is 2.19.